The number of aromatic nitrogens is 2. The molecule has 2 unspecified atom stereocenters. The van der Waals surface area contributed by atoms with Crippen molar-refractivity contribution in [2.24, 2.45) is 5.92 Å². The van der Waals surface area contributed by atoms with Crippen molar-refractivity contribution in [3.63, 3.8) is 0 Å². The lowest BCUT2D eigenvalue weighted by atomic mass is 9.89. The Bertz CT molecular complexity index is 1650. The summed E-state index contributed by atoms with van der Waals surface area (Å²) in [5, 5.41) is 0. The number of para-hydroxylation sites is 3. The largest absolute Gasteiger partial charge is 0.465 e. The van der Waals surface area contributed by atoms with Crippen molar-refractivity contribution >= 4 is 28.9 Å². The van der Waals surface area contributed by atoms with Gasteiger partial charge in [0.05, 0.1) is 23.7 Å². The van der Waals surface area contributed by atoms with Gasteiger partial charge < -0.3 is 14.0 Å². The zero-order chi connectivity index (χ0) is 27.5. The van der Waals surface area contributed by atoms with E-state index in [0.29, 0.717) is 30.4 Å². The lowest BCUT2D eigenvalue weighted by Crippen LogP contribution is -2.50. The van der Waals surface area contributed by atoms with Gasteiger partial charge in [-0.1, -0.05) is 72.8 Å². The summed E-state index contributed by atoms with van der Waals surface area (Å²) in [6.07, 6.45) is 0.621. The van der Waals surface area contributed by atoms with Crippen LogP contribution in [-0.4, -0.2) is 34.6 Å². The number of fused-ring (bicyclic) bond motifs is 3. The van der Waals surface area contributed by atoms with Crippen molar-refractivity contribution < 1.29 is 19.1 Å². The van der Waals surface area contributed by atoms with Gasteiger partial charge in [-0.05, 0) is 60.9 Å². The first-order chi connectivity index (χ1) is 19.6. The maximum Gasteiger partial charge on any atom is 0.321 e. The lowest BCUT2D eigenvalue weighted by Gasteiger charge is -2.38. The Morgan fingerprint density at radius 2 is 1.55 bits per heavy atom. The van der Waals surface area contributed by atoms with Crippen LogP contribution in [0.1, 0.15) is 24.1 Å². The first-order valence-electron chi connectivity index (χ1n) is 13.5. The highest BCUT2D eigenvalue weighted by atomic mass is 16.5. The van der Waals surface area contributed by atoms with Crippen molar-refractivity contribution in [2.45, 2.75) is 19.4 Å². The number of carbonyl (C=O) groups is 2. The Hall–Kier alpha value is -4.91. The number of hydrogen-bond donors (Lipinski definition) is 0. The van der Waals surface area contributed by atoms with Crippen LogP contribution >= 0.6 is 0 Å². The highest BCUT2D eigenvalue weighted by molar-refractivity contribution is 6.08. The maximum atomic E-state index is 14.2. The van der Waals surface area contributed by atoms with Crippen LogP contribution in [0, 0.1) is 5.92 Å². The lowest BCUT2D eigenvalue weighted by molar-refractivity contribution is -0.153. The monoisotopic (exact) mass is 531 g/mol. The number of hydrogen-bond acceptors (Lipinski definition) is 5. The fraction of sp³-hybridized carbons (Fsp3) is 0.182. The molecule has 200 valence electrons. The SMILES string of the molecule is CCOC(=O)C1C(=O)N(CCc2ccccc2)c2nc3ccccc3n2C1c1cccc(Oc2ccccc2)c1. The van der Waals surface area contributed by atoms with Crippen molar-refractivity contribution in [3.8, 4) is 11.5 Å². The van der Waals surface area contributed by atoms with Crippen molar-refractivity contribution in [1.82, 2.24) is 9.55 Å². The molecule has 0 fully saturated rings. The molecule has 6 rings (SSSR count). The molecule has 7 heteroatoms. The molecule has 4 aromatic carbocycles. The smallest absolute Gasteiger partial charge is 0.321 e. The molecule has 1 aromatic heterocycles. The highest BCUT2D eigenvalue weighted by Crippen LogP contribution is 2.42. The van der Waals surface area contributed by atoms with E-state index in [2.05, 4.69) is 0 Å². The van der Waals surface area contributed by atoms with E-state index in [4.69, 9.17) is 14.5 Å². The molecule has 0 bridgehead atoms. The van der Waals surface area contributed by atoms with Gasteiger partial charge in [-0.15, -0.1) is 0 Å². The number of benzene rings is 4. The second-order valence-corrected chi connectivity index (χ2v) is 9.66. The number of imidazole rings is 1. The van der Waals surface area contributed by atoms with Crippen LogP contribution in [0.2, 0.25) is 0 Å². The number of nitrogens with zero attached hydrogens (tertiary/aromatic N) is 3. The molecule has 0 saturated carbocycles. The molecule has 2 heterocycles. The molecule has 0 radical (unpaired) electrons. The third-order valence-corrected chi connectivity index (χ3v) is 7.13. The van der Waals surface area contributed by atoms with E-state index in [0.717, 1.165) is 22.2 Å². The van der Waals surface area contributed by atoms with Gasteiger partial charge in [0, 0.05) is 6.54 Å². The first kappa shape index (κ1) is 25.4. The average Bonchev–Trinajstić information content (AvgIpc) is 3.36. The maximum absolute atomic E-state index is 14.2. The van der Waals surface area contributed by atoms with Gasteiger partial charge in [-0.3, -0.25) is 14.5 Å². The van der Waals surface area contributed by atoms with Gasteiger partial charge in [0.1, 0.15) is 11.5 Å². The molecule has 0 spiro atoms. The summed E-state index contributed by atoms with van der Waals surface area (Å²) < 4.78 is 13.6. The number of carbonyl (C=O) groups excluding carboxylic acids is 2. The van der Waals surface area contributed by atoms with Gasteiger partial charge >= 0.3 is 5.97 Å². The topological polar surface area (TPSA) is 73.7 Å². The summed E-state index contributed by atoms with van der Waals surface area (Å²) in [4.78, 5) is 34.2. The Morgan fingerprint density at radius 1 is 0.850 bits per heavy atom. The Labute approximate surface area is 232 Å². The van der Waals surface area contributed by atoms with Crippen LogP contribution in [0.25, 0.3) is 11.0 Å². The molecule has 2 atom stereocenters. The quantitative estimate of drug-likeness (QED) is 0.176. The number of amides is 1. The van der Waals surface area contributed by atoms with Crippen LogP contribution in [0.4, 0.5) is 5.95 Å². The number of anilines is 1. The predicted molar refractivity (Wildman–Crippen MR) is 153 cm³/mol. The molecule has 0 aliphatic carbocycles. The summed E-state index contributed by atoms with van der Waals surface area (Å²) >= 11 is 0. The second-order valence-electron chi connectivity index (χ2n) is 9.66. The van der Waals surface area contributed by atoms with Crippen LogP contribution in [0.5, 0.6) is 11.5 Å². The van der Waals surface area contributed by atoms with Crippen LogP contribution in [0.15, 0.2) is 109 Å². The van der Waals surface area contributed by atoms with Crippen LogP contribution < -0.4 is 9.64 Å². The molecule has 1 aliphatic heterocycles. The normalized spacial score (nSPS) is 16.5. The molecular weight excluding hydrogens is 502 g/mol. The Morgan fingerprint density at radius 3 is 2.33 bits per heavy atom. The molecule has 7 nitrogen and oxygen atoms in total. The van der Waals surface area contributed by atoms with E-state index in [1.807, 2.05) is 114 Å². The summed E-state index contributed by atoms with van der Waals surface area (Å²) in [7, 11) is 0. The van der Waals surface area contributed by atoms with Crippen molar-refractivity contribution in [1.29, 1.82) is 0 Å². The molecule has 0 saturated heterocycles. The van der Waals surface area contributed by atoms with Gasteiger partial charge in [0.25, 0.3) is 0 Å². The zero-order valence-electron chi connectivity index (χ0n) is 22.1. The summed E-state index contributed by atoms with van der Waals surface area (Å²) in [5.74, 6) is -0.148. The predicted octanol–water partition coefficient (Wildman–Crippen LogP) is 6.19. The second kappa shape index (κ2) is 11.1. The molecule has 5 aromatic rings. The van der Waals surface area contributed by atoms with E-state index >= 15 is 0 Å². The average molecular weight is 532 g/mol. The molecule has 40 heavy (non-hydrogen) atoms. The standard InChI is InChI=1S/C33H29N3O4/c1-2-39-32(38)29-30(24-14-11-17-26(22-24)40-25-15-7-4-8-16-25)36-28-19-10-9-18-27(28)34-33(36)35(31(29)37)21-20-23-12-5-3-6-13-23/h3-19,22,29-30H,2,20-21H2,1H3. The van der Waals surface area contributed by atoms with E-state index in [1.54, 1.807) is 11.8 Å². The molecule has 1 amide bonds. The molecule has 1 aliphatic rings. The fourth-order valence-electron chi connectivity index (χ4n) is 5.33. The number of rotatable bonds is 8. The Balaban J connectivity index is 1.48. The highest BCUT2D eigenvalue weighted by Gasteiger charge is 2.47. The third kappa shape index (κ3) is 4.82. The van der Waals surface area contributed by atoms with Crippen molar-refractivity contribution in [3.05, 3.63) is 120 Å². The Kier molecular flexibility index (Phi) is 7.02. The fourth-order valence-corrected chi connectivity index (χ4v) is 5.33. The van der Waals surface area contributed by atoms with Crippen LogP contribution in [-0.2, 0) is 20.7 Å². The first-order valence-corrected chi connectivity index (χ1v) is 13.5. The third-order valence-electron chi connectivity index (χ3n) is 7.13. The summed E-state index contributed by atoms with van der Waals surface area (Å²) in [6.45, 7) is 2.31. The van der Waals surface area contributed by atoms with E-state index < -0.39 is 17.9 Å². The minimum Gasteiger partial charge on any atom is -0.465 e. The minimum atomic E-state index is -1.09. The van der Waals surface area contributed by atoms with E-state index in [1.165, 1.54) is 0 Å². The number of esters is 1. The van der Waals surface area contributed by atoms with Gasteiger partial charge in [0.2, 0.25) is 11.9 Å². The summed E-state index contributed by atoms with van der Waals surface area (Å²) in [6, 6.07) is 34.1. The van der Waals surface area contributed by atoms with Gasteiger partial charge in [0.15, 0.2) is 5.92 Å². The van der Waals surface area contributed by atoms with E-state index in [-0.39, 0.29) is 12.5 Å². The zero-order valence-corrected chi connectivity index (χ0v) is 22.1. The minimum absolute atomic E-state index is 0.175. The van der Waals surface area contributed by atoms with E-state index in [9.17, 15) is 9.59 Å². The van der Waals surface area contributed by atoms with Gasteiger partial charge in [-0.2, -0.15) is 0 Å². The van der Waals surface area contributed by atoms with Crippen LogP contribution in [0.3, 0.4) is 0 Å². The molecular formula is C33H29N3O4. The van der Waals surface area contributed by atoms with Gasteiger partial charge in [-0.25, -0.2) is 4.98 Å². The van der Waals surface area contributed by atoms with Crippen molar-refractivity contribution in [2.75, 3.05) is 18.1 Å². The summed E-state index contributed by atoms with van der Waals surface area (Å²) in [5.41, 5.74) is 3.44. The number of ether oxygens (including phenoxy) is 2. The molecule has 0 N–H and O–H groups in total.